The third-order valence-electron chi connectivity index (χ3n) is 3.29. The maximum Gasteiger partial charge on any atom is 0.244 e. The van der Waals surface area contributed by atoms with Crippen molar-refractivity contribution in [1.29, 1.82) is 0 Å². The number of benzene rings is 1. The van der Waals surface area contributed by atoms with Crippen molar-refractivity contribution in [2.24, 2.45) is 0 Å². The zero-order valence-corrected chi connectivity index (χ0v) is 14.9. The number of amides is 1. The van der Waals surface area contributed by atoms with Gasteiger partial charge >= 0.3 is 0 Å². The van der Waals surface area contributed by atoms with Crippen LogP contribution in [0.4, 0.5) is 0 Å². The number of fused-ring (bicyclic) bond motifs is 1. The number of nitrogens with zero attached hydrogens (tertiary/aromatic N) is 1. The number of halogens is 1. The second kappa shape index (κ2) is 7.25. The van der Waals surface area contributed by atoms with Gasteiger partial charge in [0.15, 0.2) is 0 Å². The number of rotatable bonds is 5. The van der Waals surface area contributed by atoms with E-state index < -0.39 is 0 Å². The molecule has 0 unspecified atom stereocenters. The monoisotopic (exact) mass is 362 g/mol. The molecule has 2 aromatic heterocycles. The van der Waals surface area contributed by atoms with Crippen LogP contribution in [0, 0.1) is 0 Å². The van der Waals surface area contributed by atoms with E-state index in [0.29, 0.717) is 11.6 Å². The van der Waals surface area contributed by atoms with Crippen LogP contribution in [0.3, 0.4) is 0 Å². The first-order valence-corrected chi connectivity index (χ1v) is 9.31. The lowest BCUT2D eigenvalue weighted by molar-refractivity contribution is -0.116. The van der Waals surface area contributed by atoms with Crippen molar-refractivity contribution in [1.82, 2.24) is 10.3 Å². The van der Waals surface area contributed by atoms with Gasteiger partial charge < -0.3 is 5.32 Å². The predicted molar refractivity (Wildman–Crippen MR) is 99.2 cm³/mol. The number of hydrogen-bond acceptors (Lipinski definition) is 4. The summed E-state index contributed by atoms with van der Waals surface area (Å²) in [6.07, 6.45) is 4.20. The number of hydrogen-bond donors (Lipinski definition) is 1. The molecule has 3 aromatic rings. The van der Waals surface area contributed by atoms with Crippen LogP contribution in [-0.4, -0.2) is 10.9 Å². The molecule has 0 aliphatic carbocycles. The van der Waals surface area contributed by atoms with Gasteiger partial charge in [-0.3, -0.25) is 4.79 Å². The average molecular weight is 363 g/mol. The molecule has 0 fully saturated rings. The van der Waals surface area contributed by atoms with E-state index in [9.17, 15) is 4.79 Å². The van der Waals surface area contributed by atoms with Gasteiger partial charge in [-0.15, -0.1) is 22.7 Å². The molecule has 118 valence electrons. The van der Waals surface area contributed by atoms with Crippen molar-refractivity contribution in [3.05, 3.63) is 56.3 Å². The molecule has 3 nitrogen and oxygen atoms in total. The molecule has 0 atom stereocenters. The highest BCUT2D eigenvalue weighted by molar-refractivity contribution is 7.20. The Hall–Kier alpha value is -1.69. The van der Waals surface area contributed by atoms with Crippen LogP contribution >= 0.6 is 34.3 Å². The molecule has 0 aliphatic heterocycles. The van der Waals surface area contributed by atoms with Crippen molar-refractivity contribution < 1.29 is 4.79 Å². The molecule has 0 radical (unpaired) electrons. The summed E-state index contributed by atoms with van der Waals surface area (Å²) < 4.78 is 1.12. The van der Waals surface area contributed by atoms with Crippen molar-refractivity contribution in [3.63, 3.8) is 0 Å². The second-order valence-electron chi connectivity index (χ2n) is 4.91. The van der Waals surface area contributed by atoms with Gasteiger partial charge in [0.1, 0.15) is 0 Å². The number of carbonyl (C=O) groups excluding carboxylic acids is 1. The Morgan fingerprint density at radius 2 is 2.22 bits per heavy atom. The number of thiophene rings is 1. The SMILES string of the molecule is CCc1nc(CNC(=O)C=Cc2sc3ccccc3c2Cl)cs1. The molecule has 0 saturated carbocycles. The number of aromatic nitrogens is 1. The van der Waals surface area contributed by atoms with Gasteiger partial charge in [-0.05, 0) is 18.6 Å². The fraction of sp³-hybridized carbons (Fsp3) is 0.176. The number of nitrogens with one attached hydrogen (secondary N) is 1. The normalized spacial score (nSPS) is 11.4. The van der Waals surface area contributed by atoms with Crippen molar-refractivity contribution in [3.8, 4) is 0 Å². The van der Waals surface area contributed by atoms with Gasteiger partial charge in [0.05, 0.1) is 22.3 Å². The Balaban J connectivity index is 1.64. The summed E-state index contributed by atoms with van der Waals surface area (Å²) in [7, 11) is 0. The number of thiazole rings is 1. The molecule has 2 heterocycles. The van der Waals surface area contributed by atoms with Crippen molar-refractivity contribution in [2.45, 2.75) is 19.9 Å². The summed E-state index contributed by atoms with van der Waals surface area (Å²) in [6, 6.07) is 7.95. The highest BCUT2D eigenvalue weighted by Crippen LogP contribution is 2.35. The molecule has 23 heavy (non-hydrogen) atoms. The molecule has 0 saturated heterocycles. The Morgan fingerprint density at radius 3 is 2.96 bits per heavy atom. The van der Waals surface area contributed by atoms with Crippen LogP contribution in [0.15, 0.2) is 35.7 Å². The Bertz CT molecular complexity index is 866. The van der Waals surface area contributed by atoms with Crippen LogP contribution in [0.1, 0.15) is 22.5 Å². The first kappa shape index (κ1) is 16.2. The first-order chi connectivity index (χ1) is 11.2. The van der Waals surface area contributed by atoms with E-state index in [4.69, 9.17) is 11.6 Å². The van der Waals surface area contributed by atoms with Gasteiger partial charge in [0.25, 0.3) is 0 Å². The minimum atomic E-state index is -0.149. The summed E-state index contributed by atoms with van der Waals surface area (Å²) >= 11 is 9.55. The van der Waals surface area contributed by atoms with E-state index in [1.165, 1.54) is 6.08 Å². The van der Waals surface area contributed by atoms with Crippen LogP contribution in [0.25, 0.3) is 16.2 Å². The molecule has 3 rings (SSSR count). The predicted octanol–water partition coefficient (Wildman–Crippen LogP) is 4.90. The van der Waals surface area contributed by atoms with Crippen LogP contribution in [-0.2, 0) is 17.8 Å². The fourth-order valence-corrected chi connectivity index (χ4v) is 4.26. The van der Waals surface area contributed by atoms with E-state index in [2.05, 4.69) is 17.2 Å². The summed E-state index contributed by atoms with van der Waals surface area (Å²) in [6.45, 7) is 2.51. The van der Waals surface area contributed by atoms with Crippen molar-refractivity contribution in [2.75, 3.05) is 0 Å². The summed E-state index contributed by atoms with van der Waals surface area (Å²) in [5.74, 6) is -0.149. The van der Waals surface area contributed by atoms with Gasteiger partial charge in [-0.1, -0.05) is 36.7 Å². The minimum absolute atomic E-state index is 0.149. The van der Waals surface area contributed by atoms with Crippen LogP contribution in [0.5, 0.6) is 0 Å². The van der Waals surface area contributed by atoms with Gasteiger partial charge in [-0.25, -0.2) is 4.98 Å². The zero-order valence-electron chi connectivity index (χ0n) is 12.5. The van der Waals surface area contributed by atoms with Gasteiger partial charge in [0, 0.05) is 26.4 Å². The van der Waals surface area contributed by atoms with Crippen LogP contribution < -0.4 is 5.32 Å². The summed E-state index contributed by atoms with van der Waals surface area (Å²) in [5.41, 5.74) is 0.897. The third kappa shape index (κ3) is 3.80. The van der Waals surface area contributed by atoms with Crippen LogP contribution in [0.2, 0.25) is 5.02 Å². The number of aryl methyl sites for hydroxylation is 1. The number of carbonyl (C=O) groups is 1. The molecule has 1 N–H and O–H groups in total. The molecule has 0 aliphatic rings. The summed E-state index contributed by atoms with van der Waals surface area (Å²) in [4.78, 5) is 17.2. The van der Waals surface area contributed by atoms with E-state index in [-0.39, 0.29) is 5.91 Å². The lowest BCUT2D eigenvalue weighted by Crippen LogP contribution is -2.20. The van der Waals surface area contributed by atoms with E-state index in [1.807, 2.05) is 29.6 Å². The van der Waals surface area contributed by atoms with E-state index in [1.54, 1.807) is 28.7 Å². The highest BCUT2D eigenvalue weighted by Gasteiger charge is 2.08. The lowest BCUT2D eigenvalue weighted by Gasteiger charge is -1.98. The first-order valence-electron chi connectivity index (χ1n) is 7.23. The fourth-order valence-electron chi connectivity index (χ4n) is 2.12. The van der Waals surface area contributed by atoms with Gasteiger partial charge in [0.2, 0.25) is 5.91 Å². The Labute approximate surface area is 147 Å². The summed E-state index contributed by atoms with van der Waals surface area (Å²) in [5, 5.41) is 7.62. The molecule has 0 bridgehead atoms. The molecule has 1 aromatic carbocycles. The molecule has 6 heteroatoms. The average Bonchev–Trinajstić information content (AvgIpc) is 3.16. The Morgan fingerprint density at radius 1 is 1.39 bits per heavy atom. The zero-order chi connectivity index (χ0) is 16.2. The molecule has 1 amide bonds. The van der Waals surface area contributed by atoms with E-state index in [0.717, 1.165) is 32.1 Å². The topological polar surface area (TPSA) is 42.0 Å². The third-order valence-corrected chi connectivity index (χ3v) is 5.99. The maximum atomic E-state index is 11.9. The largest absolute Gasteiger partial charge is 0.347 e. The Kier molecular flexibility index (Phi) is 5.10. The second-order valence-corrected chi connectivity index (χ2v) is 7.32. The van der Waals surface area contributed by atoms with Crippen molar-refractivity contribution >= 4 is 56.3 Å². The minimum Gasteiger partial charge on any atom is -0.347 e. The smallest absolute Gasteiger partial charge is 0.244 e. The molecule has 0 spiro atoms. The van der Waals surface area contributed by atoms with Gasteiger partial charge in [-0.2, -0.15) is 0 Å². The molecular weight excluding hydrogens is 348 g/mol. The highest BCUT2D eigenvalue weighted by atomic mass is 35.5. The molecular formula is C17H15ClN2OS2. The standard InChI is InChI=1S/C17H15ClN2OS2/c1-2-16-20-11(10-22-16)9-19-15(21)8-7-14-17(18)12-5-3-4-6-13(12)23-14/h3-8,10H,2,9H2,1H3,(H,19,21). The maximum absolute atomic E-state index is 11.9. The van der Waals surface area contributed by atoms with E-state index >= 15 is 0 Å². The lowest BCUT2D eigenvalue weighted by atomic mass is 10.2. The quantitative estimate of drug-likeness (QED) is 0.655.